The van der Waals surface area contributed by atoms with E-state index in [0.29, 0.717) is 12.1 Å². The van der Waals surface area contributed by atoms with Crippen molar-refractivity contribution in [2.75, 3.05) is 12.4 Å². The Labute approximate surface area is 169 Å². The topological polar surface area (TPSA) is 123 Å². The van der Waals surface area contributed by atoms with Gasteiger partial charge in [0.1, 0.15) is 12.6 Å². The van der Waals surface area contributed by atoms with Gasteiger partial charge in [-0.05, 0) is 43.7 Å². The molecule has 0 aromatic heterocycles. The molecule has 2 aromatic rings. The van der Waals surface area contributed by atoms with Crippen LogP contribution in [0.3, 0.4) is 0 Å². The van der Waals surface area contributed by atoms with Gasteiger partial charge < -0.3 is 26.4 Å². The monoisotopic (exact) mass is 398 g/mol. The molecule has 0 radical (unpaired) electrons. The molecule has 0 bridgehead atoms. The molecule has 0 heterocycles. The van der Waals surface area contributed by atoms with Gasteiger partial charge >= 0.3 is 6.09 Å². The van der Waals surface area contributed by atoms with E-state index < -0.39 is 18.2 Å². The summed E-state index contributed by atoms with van der Waals surface area (Å²) in [5.41, 5.74) is 7.25. The van der Waals surface area contributed by atoms with Gasteiger partial charge in [0.15, 0.2) is 0 Å². The van der Waals surface area contributed by atoms with E-state index in [-0.39, 0.29) is 18.4 Å². The lowest BCUT2D eigenvalue weighted by Crippen LogP contribution is -2.50. The van der Waals surface area contributed by atoms with Crippen LogP contribution in [0.2, 0.25) is 0 Å². The SMILES string of the molecule is CN[C@@H](Cc1ccccc1)C(=O)N[C@@H](C)C(=O)Nc1ccc(COC(N)=O)cc1. The lowest BCUT2D eigenvalue weighted by Gasteiger charge is -2.20. The molecule has 5 N–H and O–H groups in total. The average Bonchev–Trinajstić information content (AvgIpc) is 2.72. The van der Waals surface area contributed by atoms with Crippen LogP contribution in [0.4, 0.5) is 10.5 Å². The summed E-state index contributed by atoms with van der Waals surface area (Å²) in [5.74, 6) is -0.591. The lowest BCUT2D eigenvalue weighted by atomic mass is 10.1. The molecule has 2 atom stereocenters. The number of nitrogens with two attached hydrogens (primary N) is 1. The van der Waals surface area contributed by atoms with Crippen LogP contribution in [0.15, 0.2) is 54.6 Å². The molecule has 2 rings (SSSR count). The maximum Gasteiger partial charge on any atom is 0.404 e. The standard InChI is InChI=1S/C21H26N4O4/c1-14(24-20(27)18(23-2)12-15-6-4-3-5-7-15)19(26)25-17-10-8-16(9-11-17)13-29-21(22)28/h3-11,14,18,23H,12-13H2,1-2H3,(H2,22,28)(H,24,27)(H,25,26)/t14-,18-/m0/s1. The lowest BCUT2D eigenvalue weighted by molar-refractivity contribution is -0.127. The van der Waals surface area contributed by atoms with E-state index in [9.17, 15) is 14.4 Å². The number of ether oxygens (including phenoxy) is 1. The number of anilines is 1. The van der Waals surface area contributed by atoms with Crippen LogP contribution in [0.1, 0.15) is 18.1 Å². The molecule has 154 valence electrons. The number of carbonyl (C=O) groups is 3. The molecule has 0 aliphatic heterocycles. The van der Waals surface area contributed by atoms with Gasteiger partial charge in [-0.1, -0.05) is 42.5 Å². The number of hydrogen-bond acceptors (Lipinski definition) is 5. The Kier molecular flexibility index (Phi) is 8.17. The van der Waals surface area contributed by atoms with Crippen LogP contribution >= 0.6 is 0 Å². The highest BCUT2D eigenvalue weighted by Crippen LogP contribution is 2.11. The number of amides is 3. The zero-order chi connectivity index (χ0) is 21.2. The Balaban J connectivity index is 1.87. The van der Waals surface area contributed by atoms with E-state index in [0.717, 1.165) is 11.1 Å². The smallest absolute Gasteiger partial charge is 0.404 e. The number of nitrogens with one attached hydrogen (secondary N) is 3. The Bertz CT molecular complexity index is 824. The van der Waals surface area contributed by atoms with Gasteiger partial charge in [-0.15, -0.1) is 0 Å². The molecule has 8 heteroatoms. The second kappa shape index (κ2) is 10.8. The summed E-state index contributed by atoms with van der Waals surface area (Å²) < 4.78 is 4.70. The molecule has 0 saturated heterocycles. The fraction of sp³-hybridized carbons (Fsp3) is 0.286. The van der Waals surface area contributed by atoms with Gasteiger partial charge in [-0.3, -0.25) is 9.59 Å². The molecular formula is C21H26N4O4. The van der Waals surface area contributed by atoms with Crippen LogP contribution in [0.25, 0.3) is 0 Å². The molecule has 0 saturated carbocycles. The fourth-order valence-electron chi connectivity index (χ4n) is 2.64. The van der Waals surface area contributed by atoms with Crippen LogP contribution in [-0.2, 0) is 27.4 Å². The van der Waals surface area contributed by atoms with Gasteiger partial charge in [0.25, 0.3) is 0 Å². The number of primary amides is 1. The highest BCUT2D eigenvalue weighted by atomic mass is 16.5. The maximum atomic E-state index is 12.5. The predicted molar refractivity (Wildman–Crippen MR) is 110 cm³/mol. The van der Waals surface area contributed by atoms with Crippen molar-refractivity contribution in [2.24, 2.45) is 5.73 Å². The van der Waals surface area contributed by atoms with Crippen molar-refractivity contribution >= 4 is 23.6 Å². The van der Waals surface area contributed by atoms with E-state index >= 15 is 0 Å². The van der Waals surface area contributed by atoms with E-state index in [1.807, 2.05) is 30.3 Å². The van der Waals surface area contributed by atoms with Crippen molar-refractivity contribution in [2.45, 2.75) is 32.0 Å². The molecule has 0 spiro atoms. The minimum Gasteiger partial charge on any atom is -0.445 e. The van der Waals surface area contributed by atoms with E-state index in [4.69, 9.17) is 10.5 Å². The molecule has 0 aliphatic carbocycles. The third kappa shape index (κ3) is 7.27. The first-order valence-electron chi connectivity index (χ1n) is 9.22. The first-order chi connectivity index (χ1) is 13.9. The van der Waals surface area contributed by atoms with Gasteiger partial charge in [0, 0.05) is 5.69 Å². The van der Waals surface area contributed by atoms with Crippen molar-refractivity contribution in [1.29, 1.82) is 0 Å². The van der Waals surface area contributed by atoms with Gasteiger partial charge in [0.05, 0.1) is 6.04 Å². The largest absolute Gasteiger partial charge is 0.445 e. The Morgan fingerprint density at radius 1 is 0.966 bits per heavy atom. The van der Waals surface area contributed by atoms with Crippen molar-refractivity contribution in [3.05, 3.63) is 65.7 Å². The summed E-state index contributed by atoms with van der Waals surface area (Å²) >= 11 is 0. The summed E-state index contributed by atoms with van der Waals surface area (Å²) in [5, 5.41) is 8.45. The minimum absolute atomic E-state index is 0.0584. The normalized spacial score (nSPS) is 12.5. The number of hydrogen-bond donors (Lipinski definition) is 4. The molecule has 0 fully saturated rings. The molecule has 8 nitrogen and oxygen atoms in total. The van der Waals surface area contributed by atoms with E-state index in [1.165, 1.54) is 0 Å². The van der Waals surface area contributed by atoms with Gasteiger partial charge in [-0.2, -0.15) is 0 Å². The summed E-state index contributed by atoms with van der Waals surface area (Å²) in [6.45, 7) is 1.68. The zero-order valence-corrected chi connectivity index (χ0v) is 16.5. The molecule has 0 unspecified atom stereocenters. The van der Waals surface area contributed by atoms with Crippen molar-refractivity contribution in [3.63, 3.8) is 0 Å². The quantitative estimate of drug-likeness (QED) is 0.510. The van der Waals surface area contributed by atoms with Gasteiger partial charge in [-0.25, -0.2) is 4.79 Å². The molecule has 0 aliphatic rings. The second-order valence-corrected chi connectivity index (χ2v) is 6.56. The molecular weight excluding hydrogens is 372 g/mol. The first-order valence-corrected chi connectivity index (χ1v) is 9.22. The van der Waals surface area contributed by atoms with Crippen LogP contribution < -0.4 is 21.7 Å². The zero-order valence-electron chi connectivity index (χ0n) is 16.5. The maximum absolute atomic E-state index is 12.5. The minimum atomic E-state index is -0.848. The Morgan fingerprint density at radius 2 is 1.62 bits per heavy atom. The third-order valence-electron chi connectivity index (χ3n) is 4.30. The summed E-state index contributed by atoms with van der Waals surface area (Å²) in [4.78, 5) is 35.5. The van der Waals surface area contributed by atoms with Gasteiger partial charge in [0.2, 0.25) is 11.8 Å². The molecule has 2 aromatic carbocycles. The number of carbonyl (C=O) groups excluding carboxylic acids is 3. The van der Waals surface area contributed by atoms with Crippen LogP contribution in [0, 0.1) is 0 Å². The van der Waals surface area contributed by atoms with Crippen LogP contribution in [-0.4, -0.2) is 37.0 Å². The number of likely N-dealkylation sites (N-methyl/N-ethyl adjacent to an activating group) is 1. The predicted octanol–water partition coefficient (Wildman–Crippen LogP) is 1.56. The summed E-state index contributed by atoms with van der Waals surface area (Å²) in [6.07, 6.45) is -0.328. The average molecular weight is 398 g/mol. The van der Waals surface area contributed by atoms with Crippen molar-refractivity contribution < 1.29 is 19.1 Å². The van der Waals surface area contributed by atoms with E-state index in [2.05, 4.69) is 16.0 Å². The Morgan fingerprint density at radius 3 is 2.21 bits per heavy atom. The number of rotatable bonds is 9. The highest BCUT2D eigenvalue weighted by molar-refractivity contribution is 5.97. The van der Waals surface area contributed by atoms with Crippen LogP contribution in [0.5, 0.6) is 0 Å². The second-order valence-electron chi connectivity index (χ2n) is 6.56. The van der Waals surface area contributed by atoms with Crippen molar-refractivity contribution in [1.82, 2.24) is 10.6 Å². The third-order valence-corrected chi connectivity index (χ3v) is 4.30. The fourth-order valence-corrected chi connectivity index (χ4v) is 2.64. The molecule has 3 amide bonds. The first kappa shape index (κ1) is 21.9. The summed E-state index contributed by atoms with van der Waals surface area (Å²) in [6, 6.07) is 15.3. The Hall–Kier alpha value is -3.39. The summed E-state index contributed by atoms with van der Waals surface area (Å²) in [7, 11) is 1.71. The molecule has 29 heavy (non-hydrogen) atoms. The highest BCUT2D eigenvalue weighted by Gasteiger charge is 2.22. The number of benzene rings is 2. The van der Waals surface area contributed by atoms with Crippen molar-refractivity contribution in [3.8, 4) is 0 Å². The van der Waals surface area contributed by atoms with E-state index in [1.54, 1.807) is 38.2 Å².